The maximum absolute atomic E-state index is 13.1. The summed E-state index contributed by atoms with van der Waals surface area (Å²) in [5, 5.41) is 7.72. The molecule has 3 aromatic rings. The minimum Gasteiger partial charge on any atom is -0.469 e. The minimum absolute atomic E-state index is 0.0736. The van der Waals surface area contributed by atoms with Crippen molar-refractivity contribution in [2.45, 2.75) is 32.0 Å². The summed E-state index contributed by atoms with van der Waals surface area (Å²) in [6.07, 6.45) is 4.35. The Morgan fingerprint density at radius 2 is 1.90 bits per heavy atom. The van der Waals surface area contributed by atoms with Gasteiger partial charge in [-0.1, -0.05) is 30.3 Å². The van der Waals surface area contributed by atoms with Gasteiger partial charge in [0.15, 0.2) is 0 Å². The number of aryl methyl sites for hydroxylation is 1. The number of methoxy groups -OCH3 is 1. The van der Waals surface area contributed by atoms with Crippen LogP contribution in [0.1, 0.15) is 30.1 Å². The SMILES string of the molecule is COC(=O)CC(NC(=O)N1CCCn2nc(-c3ccncc3)cc2C1)c1ccccc1. The van der Waals surface area contributed by atoms with Crippen LogP contribution in [0.4, 0.5) is 4.79 Å². The zero-order chi connectivity index (χ0) is 21.6. The van der Waals surface area contributed by atoms with E-state index in [0.29, 0.717) is 13.1 Å². The van der Waals surface area contributed by atoms with E-state index in [1.165, 1.54) is 7.11 Å². The van der Waals surface area contributed by atoms with Crippen LogP contribution in [0, 0.1) is 0 Å². The highest BCUT2D eigenvalue weighted by Crippen LogP contribution is 2.23. The molecule has 0 saturated heterocycles. The molecular formula is C23H25N5O3. The molecule has 1 aliphatic rings. The van der Waals surface area contributed by atoms with Gasteiger partial charge >= 0.3 is 12.0 Å². The van der Waals surface area contributed by atoms with Gasteiger partial charge in [0.05, 0.1) is 37.5 Å². The third-order valence-corrected chi connectivity index (χ3v) is 5.38. The van der Waals surface area contributed by atoms with Crippen LogP contribution in [-0.4, -0.2) is 45.3 Å². The van der Waals surface area contributed by atoms with Gasteiger partial charge in [0.2, 0.25) is 0 Å². The van der Waals surface area contributed by atoms with Gasteiger partial charge < -0.3 is 15.0 Å². The quantitative estimate of drug-likeness (QED) is 0.642. The van der Waals surface area contributed by atoms with E-state index in [2.05, 4.69) is 10.3 Å². The fraction of sp³-hybridized carbons (Fsp3) is 0.304. The number of amides is 2. The van der Waals surface area contributed by atoms with Crippen molar-refractivity contribution in [3.8, 4) is 11.3 Å². The van der Waals surface area contributed by atoms with Gasteiger partial charge in [-0.05, 0) is 30.2 Å². The summed E-state index contributed by atoms with van der Waals surface area (Å²) in [4.78, 5) is 30.8. The Kier molecular flexibility index (Phi) is 6.26. The van der Waals surface area contributed by atoms with Crippen molar-refractivity contribution >= 4 is 12.0 Å². The molecule has 31 heavy (non-hydrogen) atoms. The predicted octanol–water partition coefficient (Wildman–Crippen LogP) is 3.16. The second kappa shape index (κ2) is 9.42. The average Bonchev–Trinajstić information content (AvgIpc) is 3.11. The van der Waals surface area contributed by atoms with Crippen LogP contribution >= 0.6 is 0 Å². The number of nitrogens with one attached hydrogen (secondary N) is 1. The van der Waals surface area contributed by atoms with E-state index in [4.69, 9.17) is 9.84 Å². The van der Waals surface area contributed by atoms with Crippen molar-refractivity contribution in [3.63, 3.8) is 0 Å². The summed E-state index contributed by atoms with van der Waals surface area (Å²) >= 11 is 0. The topological polar surface area (TPSA) is 89.4 Å². The molecule has 0 bridgehead atoms. The van der Waals surface area contributed by atoms with Gasteiger partial charge in [-0.15, -0.1) is 0 Å². The molecule has 0 fully saturated rings. The smallest absolute Gasteiger partial charge is 0.318 e. The fourth-order valence-electron chi connectivity index (χ4n) is 3.73. The normalized spacial score (nSPS) is 14.3. The summed E-state index contributed by atoms with van der Waals surface area (Å²) in [7, 11) is 1.35. The lowest BCUT2D eigenvalue weighted by atomic mass is 10.0. The van der Waals surface area contributed by atoms with Crippen LogP contribution in [0.3, 0.4) is 0 Å². The highest BCUT2D eigenvalue weighted by Gasteiger charge is 2.25. The van der Waals surface area contributed by atoms with E-state index in [1.807, 2.05) is 53.2 Å². The average molecular weight is 419 g/mol. The molecule has 4 rings (SSSR count). The van der Waals surface area contributed by atoms with E-state index in [1.54, 1.807) is 17.3 Å². The molecule has 1 N–H and O–H groups in total. The molecular weight excluding hydrogens is 394 g/mol. The van der Waals surface area contributed by atoms with Crippen LogP contribution in [-0.2, 0) is 22.6 Å². The Morgan fingerprint density at radius 3 is 2.65 bits per heavy atom. The van der Waals surface area contributed by atoms with Gasteiger partial charge in [0.25, 0.3) is 0 Å². The number of ether oxygens (including phenoxy) is 1. The van der Waals surface area contributed by atoms with E-state index in [0.717, 1.165) is 35.5 Å². The second-order valence-corrected chi connectivity index (χ2v) is 7.45. The van der Waals surface area contributed by atoms with Crippen LogP contribution in [0.5, 0.6) is 0 Å². The third kappa shape index (κ3) is 4.91. The van der Waals surface area contributed by atoms with E-state index >= 15 is 0 Å². The largest absolute Gasteiger partial charge is 0.469 e. The summed E-state index contributed by atoms with van der Waals surface area (Å²) in [5.74, 6) is -0.370. The summed E-state index contributed by atoms with van der Waals surface area (Å²) in [5.41, 5.74) is 3.70. The fourth-order valence-corrected chi connectivity index (χ4v) is 3.73. The first kappa shape index (κ1) is 20.6. The first-order valence-electron chi connectivity index (χ1n) is 10.3. The number of pyridine rings is 1. The Bertz CT molecular complexity index is 1040. The molecule has 1 atom stereocenters. The Labute approximate surface area is 180 Å². The first-order chi connectivity index (χ1) is 15.1. The van der Waals surface area contributed by atoms with E-state index in [-0.39, 0.29) is 18.4 Å². The highest BCUT2D eigenvalue weighted by atomic mass is 16.5. The van der Waals surface area contributed by atoms with Gasteiger partial charge in [-0.25, -0.2) is 4.79 Å². The molecule has 0 spiro atoms. The number of benzene rings is 1. The molecule has 3 heterocycles. The number of carbonyl (C=O) groups excluding carboxylic acids is 2. The summed E-state index contributed by atoms with van der Waals surface area (Å²) in [6, 6.07) is 14.7. The number of hydrogen-bond donors (Lipinski definition) is 1. The molecule has 1 unspecified atom stereocenters. The third-order valence-electron chi connectivity index (χ3n) is 5.38. The summed E-state index contributed by atoms with van der Waals surface area (Å²) in [6.45, 7) is 1.80. The molecule has 0 saturated carbocycles. The Balaban J connectivity index is 1.50. The van der Waals surface area contributed by atoms with Gasteiger partial charge in [0.1, 0.15) is 0 Å². The van der Waals surface area contributed by atoms with Gasteiger partial charge in [-0.2, -0.15) is 5.10 Å². The number of nitrogens with zero attached hydrogens (tertiary/aromatic N) is 4. The minimum atomic E-state index is -0.457. The Hall–Kier alpha value is -3.68. The molecule has 160 valence electrons. The lowest BCUT2D eigenvalue weighted by Crippen LogP contribution is -2.42. The highest BCUT2D eigenvalue weighted by molar-refractivity contribution is 5.77. The van der Waals surface area contributed by atoms with Crippen molar-refractivity contribution < 1.29 is 14.3 Å². The molecule has 1 aliphatic heterocycles. The van der Waals surface area contributed by atoms with Crippen molar-refractivity contribution in [2.24, 2.45) is 0 Å². The maximum Gasteiger partial charge on any atom is 0.318 e. The number of hydrogen-bond acceptors (Lipinski definition) is 5. The van der Waals surface area contributed by atoms with Crippen molar-refractivity contribution in [1.29, 1.82) is 0 Å². The lowest BCUT2D eigenvalue weighted by Gasteiger charge is -2.25. The number of fused-ring (bicyclic) bond motifs is 1. The molecule has 2 aromatic heterocycles. The zero-order valence-electron chi connectivity index (χ0n) is 17.4. The first-order valence-corrected chi connectivity index (χ1v) is 10.3. The monoisotopic (exact) mass is 419 g/mol. The van der Waals surface area contributed by atoms with Crippen molar-refractivity contribution in [1.82, 2.24) is 25.0 Å². The number of rotatable bonds is 5. The number of esters is 1. The van der Waals surface area contributed by atoms with Gasteiger partial charge in [0, 0.05) is 31.0 Å². The van der Waals surface area contributed by atoms with Crippen LogP contribution in [0.15, 0.2) is 60.9 Å². The lowest BCUT2D eigenvalue weighted by molar-refractivity contribution is -0.141. The number of aromatic nitrogens is 3. The molecule has 0 aliphatic carbocycles. The van der Waals surface area contributed by atoms with Crippen molar-refractivity contribution in [3.05, 3.63) is 72.2 Å². The molecule has 8 nitrogen and oxygen atoms in total. The number of urea groups is 1. The van der Waals surface area contributed by atoms with Crippen LogP contribution < -0.4 is 5.32 Å². The standard InChI is InChI=1S/C23H25N5O3/c1-31-22(29)15-20(17-6-3-2-4-7-17)25-23(30)27-12-5-13-28-19(16-27)14-21(26-28)18-8-10-24-11-9-18/h2-4,6-11,14,20H,5,12-13,15-16H2,1H3,(H,25,30). The van der Waals surface area contributed by atoms with Gasteiger partial charge in [-0.3, -0.25) is 14.5 Å². The van der Waals surface area contributed by atoms with E-state index < -0.39 is 6.04 Å². The predicted molar refractivity (Wildman–Crippen MR) is 115 cm³/mol. The van der Waals surface area contributed by atoms with E-state index in [9.17, 15) is 9.59 Å². The molecule has 8 heteroatoms. The number of carbonyl (C=O) groups is 2. The molecule has 0 radical (unpaired) electrons. The summed E-state index contributed by atoms with van der Waals surface area (Å²) < 4.78 is 6.79. The van der Waals surface area contributed by atoms with Crippen LogP contribution in [0.2, 0.25) is 0 Å². The second-order valence-electron chi connectivity index (χ2n) is 7.45. The molecule has 1 aromatic carbocycles. The molecule has 2 amide bonds. The maximum atomic E-state index is 13.1. The van der Waals surface area contributed by atoms with Crippen LogP contribution in [0.25, 0.3) is 11.3 Å². The van der Waals surface area contributed by atoms with Crippen molar-refractivity contribution in [2.75, 3.05) is 13.7 Å². The Morgan fingerprint density at radius 1 is 1.13 bits per heavy atom. The zero-order valence-corrected chi connectivity index (χ0v) is 17.4.